The van der Waals surface area contributed by atoms with Crippen LogP contribution in [0.1, 0.15) is 39.5 Å². The number of rotatable bonds is 10. The van der Waals surface area contributed by atoms with Crippen LogP contribution in [0.2, 0.25) is 0 Å². The average Bonchev–Trinajstić information content (AvgIpc) is 2.44. The lowest BCUT2D eigenvalue weighted by atomic mass is 10.2. The van der Waals surface area contributed by atoms with Gasteiger partial charge in [-0.15, -0.1) is 0 Å². The highest BCUT2D eigenvalue weighted by Gasteiger charge is 2.16. The molecule has 0 aliphatic heterocycles. The second-order valence-corrected chi connectivity index (χ2v) is 5.21. The van der Waals surface area contributed by atoms with Crippen molar-refractivity contribution >= 4 is 11.9 Å². The van der Waals surface area contributed by atoms with Crippen LogP contribution in [0.3, 0.4) is 0 Å². The summed E-state index contributed by atoms with van der Waals surface area (Å²) in [7, 11) is 5.39. The summed E-state index contributed by atoms with van der Waals surface area (Å²) in [4.78, 5) is 21.6. The van der Waals surface area contributed by atoms with Gasteiger partial charge in [-0.05, 0) is 26.7 Å². The molecule has 0 aromatic heterocycles. The van der Waals surface area contributed by atoms with E-state index in [-0.39, 0.29) is 12.4 Å². The first kappa shape index (κ1) is 22.1. The van der Waals surface area contributed by atoms with Crippen LogP contribution in [0.4, 0.5) is 0 Å². The Bertz CT molecular complexity index is 277. The van der Waals surface area contributed by atoms with Crippen LogP contribution in [0.15, 0.2) is 0 Å². The van der Waals surface area contributed by atoms with E-state index in [1.807, 2.05) is 0 Å². The smallest absolute Gasteiger partial charge is 0.305 e. The molecule has 0 aromatic carbocycles. The number of aliphatic carboxylic acids is 1. The van der Waals surface area contributed by atoms with Gasteiger partial charge in [-0.3, -0.25) is 9.59 Å². The van der Waals surface area contributed by atoms with E-state index in [1.165, 1.54) is 0 Å². The largest absolute Gasteiger partial charge is 0.481 e. The van der Waals surface area contributed by atoms with Crippen molar-refractivity contribution in [3.63, 3.8) is 0 Å². The number of carbonyl (C=O) groups excluding carboxylic acids is 1. The number of nitrogens with zero attached hydrogens (tertiary/aromatic N) is 1. The van der Waals surface area contributed by atoms with Gasteiger partial charge in [-0.1, -0.05) is 0 Å². The molecule has 0 aromatic rings. The summed E-state index contributed by atoms with van der Waals surface area (Å²) in [6.07, 6.45) is 1.55. The molecule has 6 nitrogen and oxygen atoms in total. The molecule has 0 rings (SSSR count). The van der Waals surface area contributed by atoms with Crippen LogP contribution in [0.25, 0.3) is 0 Å². The summed E-state index contributed by atoms with van der Waals surface area (Å²) in [5, 5.41) is 8.45. The number of ether oxygens (including phenoxy) is 2. The van der Waals surface area contributed by atoms with Crippen LogP contribution < -0.4 is 0 Å². The minimum absolute atomic E-state index is 0.119. The second kappa shape index (κ2) is 13.8. The van der Waals surface area contributed by atoms with Crippen molar-refractivity contribution in [2.24, 2.45) is 0 Å². The van der Waals surface area contributed by atoms with Gasteiger partial charge in [0.2, 0.25) is 0 Å². The number of unbranched alkanes of at least 4 members (excludes halogenated alkanes) is 1. The molecule has 0 saturated heterocycles. The number of hydrogen-bond acceptors (Lipinski definition) is 4. The lowest BCUT2D eigenvalue weighted by Crippen LogP contribution is -2.46. The lowest BCUT2D eigenvalue weighted by molar-refractivity contribution is -0.906. The summed E-state index contributed by atoms with van der Waals surface area (Å²) >= 11 is 0. The molecule has 0 spiro atoms. The molecule has 0 saturated carbocycles. The van der Waals surface area contributed by atoms with Gasteiger partial charge in [-0.25, -0.2) is 0 Å². The summed E-state index contributed by atoms with van der Waals surface area (Å²) in [5.74, 6) is -1.04. The minimum atomic E-state index is -0.817. The fourth-order valence-corrected chi connectivity index (χ4v) is 1.54. The highest BCUT2D eigenvalue weighted by molar-refractivity contribution is 5.69. The zero-order valence-electron chi connectivity index (χ0n) is 14.2. The van der Waals surface area contributed by atoms with Crippen molar-refractivity contribution in [1.82, 2.24) is 0 Å². The van der Waals surface area contributed by atoms with E-state index in [2.05, 4.69) is 25.6 Å². The van der Waals surface area contributed by atoms with Crippen LogP contribution >= 0.6 is 0 Å². The van der Waals surface area contributed by atoms with Gasteiger partial charge < -0.3 is 19.1 Å². The molecule has 0 fully saturated rings. The van der Waals surface area contributed by atoms with Crippen molar-refractivity contribution in [3.8, 4) is 0 Å². The molecular formula is C15H32NO5+. The molecule has 21 heavy (non-hydrogen) atoms. The zero-order chi connectivity index (χ0) is 16.7. The average molecular weight is 306 g/mol. The summed E-state index contributed by atoms with van der Waals surface area (Å²) < 4.78 is 10.3. The number of hydrogen-bond donors (Lipinski definition) is 1. The SMILES string of the molecule is CC[N+](C)(CC)CCOC(=O)CCCCC(=O)O.COC. The van der Waals surface area contributed by atoms with Crippen molar-refractivity contribution in [2.75, 3.05) is 47.5 Å². The highest BCUT2D eigenvalue weighted by atomic mass is 16.5. The van der Waals surface area contributed by atoms with Gasteiger partial charge in [0.1, 0.15) is 13.2 Å². The first-order chi connectivity index (χ1) is 9.85. The molecular weight excluding hydrogens is 274 g/mol. The third-order valence-corrected chi connectivity index (χ3v) is 3.44. The summed E-state index contributed by atoms with van der Waals surface area (Å²) in [6, 6.07) is 0. The Balaban J connectivity index is 0. The molecule has 0 radical (unpaired) electrons. The van der Waals surface area contributed by atoms with E-state index in [0.29, 0.717) is 25.9 Å². The van der Waals surface area contributed by atoms with E-state index in [0.717, 1.165) is 24.1 Å². The van der Waals surface area contributed by atoms with E-state index in [9.17, 15) is 9.59 Å². The van der Waals surface area contributed by atoms with Crippen molar-refractivity contribution in [1.29, 1.82) is 0 Å². The fraction of sp³-hybridized carbons (Fsp3) is 0.867. The second-order valence-electron chi connectivity index (χ2n) is 5.21. The third kappa shape index (κ3) is 15.1. The van der Waals surface area contributed by atoms with Gasteiger partial charge in [-0.2, -0.15) is 0 Å². The predicted molar refractivity (Wildman–Crippen MR) is 82.1 cm³/mol. The first-order valence-electron chi connectivity index (χ1n) is 7.46. The molecule has 0 atom stereocenters. The Hall–Kier alpha value is -1.14. The molecule has 0 heterocycles. The number of esters is 1. The van der Waals surface area contributed by atoms with Gasteiger partial charge >= 0.3 is 11.9 Å². The molecule has 0 amide bonds. The van der Waals surface area contributed by atoms with Gasteiger partial charge in [0, 0.05) is 27.1 Å². The maximum Gasteiger partial charge on any atom is 0.305 e. The number of likely N-dealkylation sites (N-methyl/N-ethyl adjacent to an activating group) is 1. The lowest BCUT2D eigenvalue weighted by Gasteiger charge is -2.31. The Morgan fingerprint density at radius 2 is 1.52 bits per heavy atom. The molecule has 0 aliphatic carbocycles. The Morgan fingerprint density at radius 1 is 1.05 bits per heavy atom. The molecule has 0 unspecified atom stereocenters. The monoisotopic (exact) mass is 306 g/mol. The molecule has 0 bridgehead atoms. The van der Waals surface area contributed by atoms with Gasteiger partial charge in [0.05, 0.1) is 20.1 Å². The minimum Gasteiger partial charge on any atom is -0.481 e. The van der Waals surface area contributed by atoms with E-state index < -0.39 is 5.97 Å². The van der Waals surface area contributed by atoms with Crippen LogP contribution in [0, 0.1) is 0 Å². The number of methoxy groups -OCH3 is 1. The Kier molecular flexibility index (Phi) is 14.6. The normalized spacial score (nSPS) is 10.5. The topological polar surface area (TPSA) is 72.8 Å². The van der Waals surface area contributed by atoms with E-state index in [1.54, 1.807) is 14.2 Å². The number of carboxylic acid groups (broad SMARTS) is 1. The molecule has 126 valence electrons. The van der Waals surface area contributed by atoms with Crippen molar-refractivity contribution in [3.05, 3.63) is 0 Å². The van der Waals surface area contributed by atoms with E-state index in [4.69, 9.17) is 9.84 Å². The highest BCUT2D eigenvalue weighted by Crippen LogP contribution is 2.03. The fourth-order valence-electron chi connectivity index (χ4n) is 1.54. The quantitative estimate of drug-likeness (QED) is 0.379. The van der Waals surface area contributed by atoms with Crippen LogP contribution in [-0.2, 0) is 19.1 Å². The number of carboxylic acids is 1. The number of carbonyl (C=O) groups is 2. The summed E-state index contributed by atoms with van der Waals surface area (Å²) in [5.41, 5.74) is 0. The summed E-state index contributed by atoms with van der Waals surface area (Å²) in [6.45, 7) is 7.55. The van der Waals surface area contributed by atoms with Crippen molar-refractivity contribution < 1.29 is 28.7 Å². The third-order valence-electron chi connectivity index (χ3n) is 3.44. The standard InChI is InChI=1S/C13H25NO4.C2H6O/c1-4-14(3,5-2)10-11-18-13(17)9-7-6-8-12(15)16;1-3-2/h4-11H2,1-3H3;1-2H3/p+1. The molecule has 0 aliphatic rings. The predicted octanol–water partition coefficient (Wildman–Crippen LogP) is 1.92. The van der Waals surface area contributed by atoms with Gasteiger partial charge in [0.25, 0.3) is 0 Å². The Morgan fingerprint density at radius 3 is 1.95 bits per heavy atom. The maximum atomic E-state index is 11.4. The maximum absolute atomic E-state index is 11.4. The van der Waals surface area contributed by atoms with Crippen LogP contribution in [-0.4, -0.2) is 69.0 Å². The molecule has 6 heteroatoms. The van der Waals surface area contributed by atoms with Crippen molar-refractivity contribution in [2.45, 2.75) is 39.5 Å². The van der Waals surface area contributed by atoms with Gasteiger partial charge in [0.15, 0.2) is 0 Å². The van der Waals surface area contributed by atoms with E-state index >= 15 is 0 Å². The number of quaternary nitrogens is 1. The van der Waals surface area contributed by atoms with Crippen LogP contribution in [0.5, 0.6) is 0 Å². The Labute approximate surface area is 128 Å². The zero-order valence-corrected chi connectivity index (χ0v) is 14.2. The molecule has 1 N–H and O–H groups in total. The first-order valence-corrected chi connectivity index (χ1v) is 7.46.